The molecule has 106 valence electrons. The highest BCUT2D eigenvalue weighted by molar-refractivity contribution is 7.90. The molecule has 0 saturated heterocycles. The first-order chi connectivity index (χ1) is 9.18. The second kappa shape index (κ2) is 5.37. The molecule has 1 aromatic carbocycles. The number of nitrogens with two attached hydrogens (primary N) is 1. The molecule has 2 rings (SSSR count). The number of nitrogen functional groups attached to an aromatic ring is 1. The molecule has 0 aliphatic heterocycles. The Labute approximate surface area is 130 Å². The molecule has 1 heterocycles. The second-order valence-electron chi connectivity index (χ2n) is 4.13. The van der Waals surface area contributed by atoms with Gasteiger partial charge in [0, 0.05) is 17.5 Å². The number of halogens is 2. The Kier molecular flexibility index (Phi) is 4.11. The van der Waals surface area contributed by atoms with Crippen molar-refractivity contribution in [3.8, 4) is 0 Å². The highest BCUT2D eigenvalue weighted by atomic mass is 35.5. The summed E-state index contributed by atoms with van der Waals surface area (Å²) in [6.45, 7) is 0. The van der Waals surface area contributed by atoms with E-state index in [9.17, 15) is 13.2 Å². The lowest BCUT2D eigenvalue weighted by molar-refractivity contribution is 0.103. The molecule has 0 saturated carbocycles. The van der Waals surface area contributed by atoms with Crippen LogP contribution in [-0.4, -0.2) is 20.5 Å². The number of rotatable bonds is 3. The van der Waals surface area contributed by atoms with Gasteiger partial charge in [-0.15, -0.1) is 11.3 Å². The van der Waals surface area contributed by atoms with Crippen molar-refractivity contribution in [3.63, 3.8) is 0 Å². The summed E-state index contributed by atoms with van der Waals surface area (Å²) < 4.78 is 23.7. The Bertz CT molecular complexity index is 797. The fourth-order valence-corrected chi connectivity index (χ4v) is 3.77. The Balaban J connectivity index is 2.56. The Morgan fingerprint density at radius 2 is 1.85 bits per heavy atom. The summed E-state index contributed by atoms with van der Waals surface area (Å²) in [6.07, 6.45) is 1.05. The number of hydrogen-bond acceptors (Lipinski definition) is 5. The fourth-order valence-electron chi connectivity index (χ4n) is 1.62. The molecular weight excluding hydrogens is 341 g/mol. The normalized spacial score (nSPS) is 11.6. The largest absolute Gasteiger partial charge is 0.399 e. The number of ketones is 1. The molecule has 1 aromatic heterocycles. The van der Waals surface area contributed by atoms with Crippen molar-refractivity contribution in [2.75, 3.05) is 12.0 Å². The molecule has 2 N–H and O–H groups in total. The van der Waals surface area contributed by atoms with Gasteiger partial charge >= 0.3 is 0 Å². The van der Waals surface area contributed by atoms with Crippen LogP contribution in [0.1, 0.15) is 15.9 Å². The van der Waals surface area contributed by atoms with Gasteiger partial charge < -0.3 is 5.73 Å². The maximum atomic E-state index is 12.3. The van der Waals surface area contributed by atoms with Crippen molar-refractivity contribution < 1.29 is 13.2 Å². The van der Waals surface area contributed by atoms with E-state index < -0.39 is 15.6 Å². The number of carbonyl (C=O) groups excluding carboxylic acids is 1. The lowest BCUT2D eigenvalue weighted by atomic mass is 10.1. The number of hydrogen-bond donors (Lipinski definition) is 1. The zero-order valence-corrected chi connectivity index (χ0v) is 13.3. The van der Waals surface area contributed by atoms with E-state index in [0.717, 1.165) is 17.6 Å². The number of thiophene rings is 1. The Hall–Kier alpha value is -1.08. The molecule has 8 heteroatoms. The third-order valence-corrected chi connectivity index (χ3v) is 5.10. The van der Waals surface area contributed by atoms with E-state index in [4.69, 9.17) is 28.9 Å². The van der Waals surface area contributed by atoms with Crippen LogP contribution in [0, 0.1) is 0 Å². The average Bonchev–Trinajstić information content (AvgIpc) is 2.65. The minimum absolute atomic E-state index is 0.0155. The molecule has 0 radical (unpaired) electrons. The summed E-state index contributed by atoms with van der Waals surface area (Å²) in [5.74, 6) is -0.421. The van der Waals surface area contributed by atoms with Crippen molar-refractivity contribution >= 4 is 55.8 Å². The molecule has 0 atom stereocenters. The zero-order valence-electron chi connectivity index (χ0n) is 10.2. The van der Waals surface area contributed by atoms with Crippen LogP contribution in [0.2, 0.25) is 8.67 Å². The summed E-state index contributed by atoms with van der Waals surface area (Å²) >= 11 is 12.8. The van der Waals surface area contributed by atoms with Crippen molar-refractivity contribution in [2.45, 2.75) is 4.90 Å². The van der Waals surface area contributed by atoms with E-state index in [-0.39, 0.29) is 26.0 Å². The second-order valence-corrected chi connectivity index (χ2v) is 8.43. The van der Waals surface area contributed by atoms with Crippen LogP contribution in [0.4, 0.5) is 5.69 Å². The predicted octanol–water partition coefficient (Wildman–Crippen LogP) is 3.27. The van der Waals surface area contributed by atoms with Gasteiger partial charge in [0.05, 0.1) is 14.8 Å². The van der Waals surface area contributed by atoms with E-state index in [1.165, 1.54) is 24.3 Å². The molecule has 0 aliphatic rings. The first-order valence-electron chi connectivity index (χ1n) is 5.28. The first-order valence-corrected chi connectivity index (χ1v) is 8.75. The number of benzene rings is 1. The summed E-state index contributed by atoms with van der Waals surface area (Å²) in [5, 5.41) is 0. The van der Waals surface area contributed by atoms with Gasteiger partial charge in [0.1, 0.15) is 4.34 Å². The summed E-state index contributed by atoms with van der Waals surface area (Å²) in [4.78, 5) is 12.3. The maximum absolute atomic E-state index is 12.3. The molecular formula is C12H9Cl2NO3S2. The lowest BCUT2D eigenvalue weighted by Crippen LogP contribution is -2.05. The molecule has 0 spiro atoms. The van der Waals surface area contributed by atoms with Crippen molar-refractivity contribution in [1.82, 2.24) is 0 Å². The van der Waals surface area contributed by atoms with Crippen LogP contribution in [0.15, 0.2) is 29.2 Å². The van der Waals surface area contributed by atoms with E-state index in [2.05, 4.69) is 0 Å². The maximum Gasteiger partial charge on any atom is 0.195 e. The van der Waals surface area contributed by atoms with Crippen LogP contribution in [0.3, 0.4) is 0 Å². The number of sulfone groups is 1. The molecule has 0 amide bonds. The van der Waals surface area contributed by atoms with E-state index >= 15 is 0 Å². The third kappa shape index (κ3) is 3.15. The highest BCUT2D eigenvalue weighted by Gasteiger charge is 2.19. The zero-order chi connectivity index (χ0) is 15.1. The molecule has 4 nitrogen and oxygen atoms in total. The van der Waals surface area contributed by atoms with Gasteiger partial charge in [0.2, 0.25) is 0 Å². The summed E-state index contributed by atoms with van der Waals surface area (Å²) in [5.41, 5.74) is 6.21. The van der Waals surface area contributed by atoms with Crippen LogP contribution in [-0.2, 0) is 9.84 Å². The summed E-state index contributed by atoms with van der Waals surface area (Å²) in [7, 11) is -3.46. The van der Waals surface area contributed by atoms with Gasteiger partial charge in [-0.3, -0.25) is 4.79 Å². The SMILES string of the molecule is CS(=O)(=O)c1cc(N)cc(C(=O)c2cc(Cl)sc2Cl)c1. The quantitative estimate of drug-likeness (QED) is 0.681. The lowest BCUT2D eigenvalue weighted by Gasteiger charge is -2.05. The van der Waals surface area contributed by atoms with Crippen molar-refractivity contribution in [3.05, 3.63) is 44.1 Å². The molecule has 2 aromatic rings. The molecule has 0 aliphatic carbocycles. The fraction of sp³-hybridized carbons (Fsp3) is 0.0833. The van der Waals surface area contributed by atoms with Crippen LogP contribution < -0.4 is 5.73 Å². The third-order valence-electron chi connectivity index (χ3n) is 2.52. The topological polar surface area (TPSA) is 77.2 Å². The van der Waals surface area contributed by atoms with Gasteiger partial charge in [0.15, 0.2) is 15.6 Å². The van der Waals surface area contributed by atoms with Gasteiger partial charge in [-0.1, -0.05) is 23.2 Å². The van der Waals surface area contributed by atoms with Crippen molar-refractivity contribution in [2.24, 2.45) is 0 Å². The predicted molar refractivity (Wildman–Crippen MR) is 81.7 cm³/mol. The van der Waals surface area contributed by atoms with Crippen LogP contribution >= 0.6 is 34.5 Å². The first kappa shape index (κ1) is 15.3. The standard InChI is InChI=1S/C12H9Cl2NO3S2/c1-20(17,18)8-3-6(2-7(15)4-8)11(16)9-5-10(13)19-12(9)14/h2-5H,15H2,1H3. The smallest absolute Gasteiger partial charge is 0.195 e. The van der Waals surface area contributed by atoms with Gasteiger partial charge in [0.25, 0.3) is 0 Å². The Morgan fingerprint density at radius 1 is 1.20 bits per heavy atom. The minimum Gasteiger partial charge on any atom is -0.399 e. The van der Waals surface area contributed by atoms with Gasteiger partial charge in [-0.2, -0.15) is 0 Å². The van der Waals surface area contributed by atoms with Crippen LogP contribution in [0.25, 0.3) is 0 Å². The van der Waals surface area contributed by atoms with E-state index in [1.54, 1.807) is 0 Å². The van der Waals surface area contributed by atoms with Crippen molar-refractivity contribution in [1.29, 1.82) is 0 Å². The van der Waals surface area contributed by atoms with E-state index in [0.29, 0.717) is 4.34 Å². The monoisotopic (exact) mass is 349 g/mol. The van der Waals surface area contributed by atoms with Gasteiger partial charge in [-0.25, -0.2) is 8.42 Å². The molecule has 0 fully saturated rings. The van der Waals surface area contributed by atoms with Gasteiger partial charge in [-0.05, 0) is 24.3 Å². The molecule has 20 heavy (non-hydrogen) atoms. The Morgan fingerprint density at radius 3 is 2.35 bits per heavy atom. The highest BCUT2D eigenvalue weighted by Crippen LogP contribution is 2.33. The van der Waals surface area contributed by atoms with Crippen LogP contribution in [0.5, 0.6) is 0 Å². The molecule has 0 bridgehead atoms. The average molecular weight is 350 g/mol. The molecule has 0 unspecified atom stereocenters. The van der Waals surface area contributed by atoms with E-state index in [1.807, 2.05) is 0 Å². The number of anilines is 1. The summed E-state index contributed by atoms with van der Waals surface area (Å²) in [6, 6.07) is 5.42. The number of carbonyl (C=O) groups is 1. The minimum atomic E-state index is -3.46.